The van der Waals surface area contributed by atoms with Gasteiger partial charge in [-0.3, -0.25) is 9.59 Å². The summed E-state index contributed by atoms with van der Waals surface area (Å²) >= 11 is 6.51. The van der Waals surface area contributed by atoms with Gasteiger partial charge in [0.1, 0.15) is 11.0 Å². The molecule has 0 saturated carbocycles. The molecular weight excluding hydrogens is 481 g/mol. The molecule has 0 aliphatic heterocycles. The largest absolute Gasteiger partial charge is 0.471 e. The molecule has 4 rings (SSSR count). The molecule has 2 aromatic carbocycles. The number of nitrogens with zero attached hydrogens (tertiary/aromatic N) is 2. The molecular formula is C28H27ClFN3O3. The number of rotatable bonds is 7. The predicted octanol–water partition coefficient (Wildman–Crippen LogP) is 5.75. The number of aromatic nitrogens is 2. The van der Waals surface area contributed by atoms with Crippen molar-refractivity contribution in [3.63, 3.8) is 0 Å². The maximum Gasteiger partial charge on any atom is 0.292 e. The molecule has 0 unspecified atom stereocenters. The highest BCUT2D eigenvalue weighted by Crippen LogP contribution is 2.34. The third-order valence-corrected chi connectivity index (χ3v) is 6.06. The van der Waals surface area contributed by atoms with E-state index in [1.807, 2.05) is 41.8 Å². The summed E-state index contributed by atoms with van der Waals surface area (Å²) in [7, 11) is 3.10. The molecule has 2 heterocycles. The molecule has 0 aliphatic carbocycles. The fourth-order valence-electron chi connectivity index (χ4n) is 4.02. The van der Waals surface area contributed by atoms with Gasteiger partial charge in [-0.1, -0.05) is 29.8 Å². The Morgan fingerprint density at radius 1 is 1.19 bits per heavy atom. The van der Waals surface area contributed by atoms with Gasteiger partial charge in [-0.15, -0.1) is 0 Å². The monoisotopic (exact) mass is 507 g/mol. The van der Waals surface area contributed by atoms with Crippen molar-refractivity contribution >= 4 is 51.7 Å². The summed E-state index contributed by atoms with van der Waals surface area (Å²) in [6.07, 6.45) is 6.09. The Balaban J connectivity index is 0.000000840. The van der Waals surface area contributed by atoms with Gasteiger partial charge < -0.3 is 14.6 Å². The number of carbonyl (C=O) groups is 2. The Morgan fingerprint density at radius 2 is 1.92 bits per heavy atom. The number of fused-ring (bicyclic) bond motifs is 2. The number of hydrogen-bond donors (Lipinski definition) is 1. The number of hydrogen-bond acceptors (Lipinski definition) is 5. The Bertz CT molecular complexity index is 1470. The van der Waals surface area contributed by atoms with Crippen LogP contribution >= 0.6 is 11.6 Å². The highest BCUT2D eigenvalue weighted by molar-refractivity contribution is 6.30. The van der Waals surface area contributed by atoms with Crippen molar-refractivity contribution in [2.24, 2.45) is 0 Å². The first-order valence-corrected chi connectivity index (χ1v) is 11.5. The fourth-order valence-corrected chi connectivity index (χ4v) is 4.23. The predicted molar refractivity (Wildman–Crippen MR) is 143 cm³/mol. The molecule has 6 nitrogen and oxygen atoms in total. The number of halogens is 2. The van der Waals surface area contributed by atoms with Crippen molar-refractivity contribution in [2.45, 2.75) is 20.4 Å². The second-order valence-electron chi connectivity index (χ2n) is 8.02. The standard InChI is InChI=1S/C26H23ClFN3O.C2H4O2/c1-16-11-21-24(13-22(16)28)31(17(2)25(21)19(15-32)8-6-10-29-3)14-20-12-18-7-4-5-9-23(18)30-26(20)27;1-4-2-3/h4-13,15,29H,14H2,1-3H3;2H,1H3/b10-6-,19-8+;. The first kappa shape index (κ1) is 26.6. The molecule has 0 saturated heterocycles. The van der Waals surface area contributed by atoms with Gasteiger partial charge in [0.2, 0.25) is 0 Å². The van der Waals surface area contributed by atoms with E-state index in [1.54, 1.807) is 38.4 Å². The fraction of sp³-hybridized carbons (Fsp3) is 0.179. The van der Waals surface area contributed by atoms with Crippen LogP contribution in [0.2, 0.25) is 5.15 Å². The van der Waals surface area contributed by atoms with Gasteiger partial charge in [0.25, 0.3) is 6.47 Å². The molecule has 0 radical (unpaired) electrons. The zero-order valence-corrected chi connectivity index (χ0v) is 21.3. The van der Waals surface area contributed by atoms with Crippen molar-refractivity contribution in [2.75, 3.05) is 14.2 Å². The number of aldehydes is 1. The average molecular weight is 508 g/mol. The van der Waals surface area contributed by atoms with Crippen molar-refractivity contribution < 1.29 is 18.7 Å². The lowest BCUT2D eigenvalue weighted by atomic mass is 10.0. The first-order valence-electron chi connectivity index (χ1n) is 11.1. The summed E-state index contributed by atoms with van der Waals surface area (Å²) in [5, 5.41) is 5.12. The molecule has 0 fully saturated rings. The van der Waals surface area contributed by atoms with Crippen LogP contribution in [0.15, 0.2) is 60.8 Å². The highest BCUT2D eigenvalue weighted by atomic mass is 35.5. The van der Waals surface area contributed by atoms with Crippen LogP contribution in [0.25, 0.3) is 27.4 Å². The summed E-state index contributed by atoms with van der Waals surface area (Å²) in [5.74, 6) is -0.294. The van der Waals surface area contributed by atoms with Crippen molar-refractivity contribution in [3.8, 4) is 0 Å². The highest BCUT2D eigenvalue weighted by Gasteiger charge is 2.20. The summed E-state index contributed by atoms with van der Waals surface area (Å²) in [4.78, 5) is 25.4. The van der Waals surface area contributed by atoms with Crippen LogP contribution in [-0.2, 0) is 20.9 Å². The van der Waals surface area contributed by atoms with Crippen LogP contribution in [0.4, 0.5) is 4.39 Å². The van der Waals surface area contributed by atoms with E-state index in [-0.39, 0.29) is 5.82 Å². The van der Waals surface area contributed by atoms with Crippen molar-refractivity contribution in [1.29, 1.82) is 0 Å². The molecule has 0 amide bonds. The lowest BCUT2D eigenvalue weighted by Gasteiger charge is -2.12. The summed E-state index contributed by atoms with van der Waals surface area (Å²) in [5.41, 5.74) is 5.03. The molecule has 4 aromatic rings. The van der Waals surface area contributed by atoms with E-state index >= 15 is 0 Å². The van der Waals surface area contributed by atoms with Gasteiger partial charge in [0, 0.05) is 40.2 Å². The van der Waals surface area contributed by atoms with E-state index in [0.29, 0.717) is 34.8 Å². The maximum atomic E-state index is 14.6. The van der Waals surface area contributed by atoms with Crippen LogP contribution in [0, 0.1) is 19.7 Å². The zero-order chi connectivity index (χ0) is 26.2. The number of para-hydroxylation sites is 1. The van der Waals surface area contributed by atoms with E-state index in [4.69, 9.17) is 16.4 Å². The van der Waals surface area contributed by atoms with E-state index in [1.165, 1.54) is 13.2 Å². The van der Waals surface area contributed by atoms with Gasteiger partial charge in [-0.25, -0.2) is 9.37 Å². The number of aryl methyl sites for hydroxylation is 1. The Morgan fingerprint density at radius 3 is 2.58 bits per heavy atom. The molecule has 0 atom stereocenters. The summed E-state index contributed by atoms with van der Waals surface area (Å²) < 4.78 is 20.4. The SMILES string of the molecule is CN/C=C\C=C(/C=O)c1c(C)n(Cc2cc3ccccc3nc2Cl)c2cc(F)c(C)cc12.COC=O. The molecule has 186 valence electrons. The van der Waals surface area contributed by atoms with Gasteiger partial charge in [0.15, 0.2) is 6.29 Å². The minimum Gasteiger partial charge on any atom is -0.471 e. The topological polar surface area (TPSA) is 73.2 Å². The average Bonchev–Trinajstić information content (AvgIpc) is 3.13. The van der Waals surface area contributed by atoms with Gasteiger partial charge in [0.05, 0.1) is 24.7 Å². The van der Waals surface area contributed by atoms with E-state index in [0.717, 1.165) is 39.4 Å². The molecule has 0 aliphatic rings. The van der Waals surface area contributed by atoms with Gasteiger partial charge >= 0.3 is 0 Å². The van der Waals surface area contributed by atoms with Crippen LogP contribution in [0.3, 0.4) is 0 Å². The van der Waals surface area contributed by atoms with Crippen LogP contribution in [0.1, 0.15) is 22.4 Å². The van der Waals surface area contributed by atoms with E-state index < -0.39 is 0 Å². The number of ether oxygens (including phenoxy) is 1. The van der Waals surface area contributed by atoms with E-state index in [9.17, 15) is 9.18 Å². The molecule has 0 bridgehead atoms. The van der Waals surface area contributed by atoms with Crippen LogP contribution < -0.4 is 5.32 Å². The number of methoxy groups -OCH3 is 1. The smallest absolute Gasteiger partial charge is 0.292 e. The van der Waals surface area contributed by atoms with Crippen LogP contribution in [-0.4, -0.2) is 36.5 Å². The lowest BCUT2D eigenvalue weighted by molar-refractivity contribution is -0.126. The maximum absolute atomic E-state index is 14.6. The molecule has 0 spiro atoms. The molecule has 8 heteroatoms. The molecule has 1 N–H and O–H groups in total. The number of carbonyl (C=O) groups excluding carboxylic acids is 2. The van der Waals surface area contributed by atoms with Crippen LogP contribution in [0.5, 0.6) is 0 Å². The minimum atomic E-state index is -0.294. The summed E-state index contributed by atoms with van der Waals surface area (Å²) in [6.45, 7) is 4.44. The first-order chi connectivity index (χ1) is 17.4. The lowest BCUT2D eigenvalue weighted by Crippen LogP contribution is -2.04. The van der Waals surface area contributed by atoms with Gasteiger partial charge in [-0.2, -0.15) is 0 Å². The normalized spacial score (nSPS) is 11.4. The Kier molecular flexibility index (Phi) is 8.97. The summed E-state index contributed by atoms with van der Waals surface area (Å²) in [6, 6.07) is 13.1. The number of allylic oxidation sites excluding steroid dienone is 3. The third-order valence-electron chi connectivity index (χ3n) is 5.73. The minimum absolute atomic E-state index is 0.294. The van der Waals surface area contributed by atoms with Crippen molar-refractivity contribution in [3.05, 3.63) is 94.2 Å². The number of nitrogens with one attached hydrogen (secondary N) is 1. The second kappa shape index (κ2) is 12.1. The number of benzene rings is 2. The quantitative estimate of drug-likeness (QED) is 0.149. The van der Waals surface area contributed by atoms with E-state index in [2.05, 4.69) is 15.0 Å². The van der Waals surface area contributed by atoms with Gasteiger partial charge in [-0.05, 0) is 62.0 Å². The Hall–Kier alpha value is -3.97. The zero-order valence-electron chi connectivity index (χ0n) is 20.5. The van der Waals surface area contributed by atoms with Crippen molar-refractivity contribution in [1.82, 2.24) is 14.9 Å². The number of pyridine rings is 1. The third kappa shape index (κ3) is 5.63. The Labute approximate surface area is 214 Å². The second-order valence-corrected chi connectivity index (χ2v) is 8.37. The molecule has 2 aromatic heterocycles. The molecule has 36 heavy (non-hydrogen) atoms.